The van der Waals surface area contributed by atoms with E-state index in [1.807, 2.05) is 0 Å². The van der Waals surface area contributed by atoms with Gasteiger partial charge in [0, 0.05) is 0 Å². The second-order valence-corrected chi connectivity index (χ2v) is 0.627. The first-order valence-electron chi connectivity index (χ1n) is 1.29. The molecule has 2 nitrogen and oxygen atoms in total. The fourth-order valence-electron chi connectivity index (χ4n) is 0. The minimum absolute atomic E-state index is 0. The predicted octanol–water partition coefficient (Wildman–Crippen LogP) is -2.70. The zero-order chi connectivity index (χ0) is 4.28. The third kappa shape index (κ3) is 9.05. The Bertz CT molecular complexity index is 44.1. The number of rotatable bonds is 1. The molecule has 6 heavy (non-hydrogen) atoms. The first-order chi connectivity index (χ1) is 2.27. The third-order valence-corrected chi connectivity index (χ3v) is 0.247. The zero-order valence-electron chi connectivity index (χ0n) is 3.93. The van der Waals surface area contributed by atoms with Gasteiger partial charge in [0.05, 0.1) is 0 Å². The molecule has 0 aromatic carbocycles. The fraction of sp³-hybridized carbons (Fsp3) is 0.333. The number of hydrogen-bond acceptors (Lipinski definition) is 1. The van der Waals surface area contributed by atoms with Crippen LogP contribution in [0.15, 0.2) is 0 Å². The van der Waals surface area contributed by atoms with Gasteiger partial charge in [0.2, 0.25) is 0 Å². The van der Waals surface area contributed by atoms with E-state index < -0.39 is 5.97 Å². The number of aliphatic carboxylic acids is 1. The summed E-state index contributed by atoms with van der Waals surface area (Å²) in [5.41, 5.74) is 0. The van der Waals surface area contributed by atoms with Crippen LogP contribution in [0.1, 0.15) is 6.92 Å². The van der Waals surface area contributed by atoms with Crippen LogP contribution in [-0.4, -0.2) is 11.1 Å². The Labute approximate surface area is 48.7 Å². The van der Waals surface area contributed by atoms with E-state index in [4.69, 9.17) is 5.11 Å². The molecule has 30 valence electrons. The third-order valence-electron chi connectivity index (χ3n) is 0.247. The van der Waals surface area contributed by atoms with Crippen molar-refractivity contribution >= 4 is 5.97 Å². The molecule has 0 radical (unpaired) electrons. The van der Waals surface area contributed by atoms with Crippen molar-refractivity contribution in [2.24, 2.45) is 0 Å². The largest absolute Gasteiger partial charge is 1.00 e. The van der Waals surface area contributed by atoms with Crippen molar-refractivity contribution in [3.8, 4) is 0 Å². The van der Waals surface area contributed by atoms with Crippen LogP contribution in [-0.2, 0) is 4.79 Å². The van der Waals surface area contributed by atoms with Crippen LogP contribution < -0.4 is 18.9 Å². The summed E-state index contributed by atoms with van der Waals surface area (Å²) in [6.45, 7) is 1.47. The topological polar surface area (TPSA) is 37.3 Å². The van der Waals surface area contributed by atoms with Gasteiger partial charge < -0.3 is 5.11 Å². The average Bonchev–Trinajstić information content (AvgIpc) is 1.38. The first kappa shape index (κ1) is 9.34. The van der Waals surface area contributed by atoms with Crippen molar-refractivity contribution in [1.29, 1.82) is 0 Å². The fourth-order valence-corrected chi connectivity index (χ4v) is 0. The molecule has 0 unspecified atom stereocenters. The van der Waals surface area contributed by atoms with Crippen LogP contribution in [0, 0.1) is 6.42 Å². The molecule has 0 heterocycles. The summed E-state index contributed by atoms with van der Waals surface area (Å²) >= 11 is 0. The maximum atomic E-state index is 9.31. The summed E-state index contributed by atoms with van der Waals surface area (Å²) in [5.74, 6) is -0.870. The second kappa shape index (κ2) is 4.94. The zero-order valence-corrected chi connectivity index (χ0v) is 3.93. The standard InChI is InChI=1S/C3H5O2.Li/c1-2-3(4)5;/h2H,1H3,(H,4,5);/q-1;+1. The van der Waals surface area contributed by atoms with Crippen LogP contribution in [0.2, 0.25) is 0 Å². The van der Waals surface area contributed by atoms with E-state index in [1.54, 1.807) is 0 Å². The summed E-state index contributed by atoms with van der Waals surface area (Å²) in [6, 6.07) is 0. The van der Waals surface area contributed by atoms with Crippen molar-refractivity contribution in [3.05, 3.63) is 6.42 Å². The van der Waals surface area contributed by atoms with Gasteiger partial charge in [0.25, 0.3) is 0 Å². The van der Waals surface area contributed by atoms with Gasteiger partial charge in [-0.05, 0) is 0 Å². The van der Waals surface area contributed by atoms with E-state index >= 15 is 0 Å². The maximum absolute atomic E-state index is 9.31. The molecular formula is C3H5LiO2. The molecule has 0 aliphatic rings. The van der Waals surface area contributed by atoms with Gasteiger partial charge in [-0.2, -0.15) is 6.92 Å². The summed E-state index contributed by atoms with van der Waals surface area (Å²) in [5, 5.41) is 7.67. The molecule has 0 fully saturated rings. The predicted molar refractivity (Wildman–Crippen MR) is 17.6 cm³/mol. The number of carbonyl (C=O) groups is 1. The van der Waals surface area contributed by atoms with Gasteiger partial charge in [-0.1, -0.05) is 0 Å². The van der Waals surface area contributed by atoms with Gasteiger partial charge in [-0.15, -0.1) is 0 Å². The normalized spacial score (nSPS) is 5.50. The van der Waals surface area contributed by atoms with E-state index in [2.05, 4.69) is 0 Å². The molecule has 0 bridgehead atoms. The van der Waals surface area contributed by atoms with Crippen LogP contribution in [0.4, 0.5) is 0 Å². The molecule has 0 aromatic heterocycles. The van der Waals surface area contributed by atoms with Crippen molar-refractivity contribution in [3.63, 3.8) is 0 Å². The van der Waals surface area contributed by atoms with Crippen LogP contribution in [0.25, 0.3) is 0 Å². The summed E-state index contributed by atoms with van der Waals surface area (Å²) in [6.07, 6.45) is 1.08. The molecule has 3 heteroatoms. The van der Waals surface area contributed by atoms with E-state index in [9.17, 15) is 4.79 Å². The molecule has 0 aliphatic heterocycles. The average molecular weight is 80.0 g/mol. The molecule has 0 saturated heterocycles. The molecule has 0 atom stereocenters. The maximum Gasteiger partial charge on any atom is 1.00 e. The Morgan fingerprint density at radius 3 is 2.00 bits per heavy atom. The molecule has 0 saturated carbocycles. The Kier molecular flexibility index (Phi) is 7.68. The van der Waals surface area contributed by atoms with Gasteiger partial charge in [-0.25, -0.2) is 0 Å². The number of hydrogen-bond donors (Lipinski definition) is 1. The van der Waals surface area contributed by atoms with Crippen molar-refractivity contribution in [1.82, 2.24) is 0 Å². The second-order valence-electron chi connectivity index (χ2n) is 0.627. The van der Waals surface area contributed by atoms with Gasteiger partial charge >= 0.3 is 18.9 Å². The van der Waals surface area contributed by atoms with E-state index in [0.717, 1.165) is 6.42 Å². The summed E-state index contributed by atoms with van der Waals surface area (Å²) in [4.78, 5) is 9.31. The van der Waals surface area contributed by atoms with Crippen molar-refractivity contribution < 1.29 is 28.8 Å². The van der Waals surface area contributed by atoms with Gasteiger partial charge in [0.1, 0.15) is 0 Å². The van der Waals surface area contributed by atoms with Crippen LogP contribution in [0.5, 0.6) is 0 Å². The molecule has 0 spiro atoms. The Morgan fingerprint density at radius 2 is 2.00 bits per heavy atom. The molecule has 1 N–H and O–H groups in total. The van der Waals surface area contributed by atoms with Gasteiger partial charge in [-0.3, -0.25) is 11.2 Å². The van der Waals surface area contributed by atoms with Crippen molar-refractivity contribution in [2.45, 2.75) is 6.92 Å². The van der Waals surface area contributed by atoms with Crippen molar-refractivity contribution in [2.75, 3.05) is 0 Å². The molecule has 0 rings (SSSR count). The summed E-state index contributed by atoms with van der Waals surface area (Å²) < 4.78 is 0. The Morgan fingerprint density at radius 1 is 1.83 bits per heavy atom. The smallest absolute Gasteiger partial charge is 0.503 e. The van der Waals surface area contributed by atoms with E-state index in [1.165, 1.54) is 6.92 Å². The van der Waals surface area contributed by atoms with E-state index in [-0.39, 0.29) is 18.9 Å². The minimum Gasteiger partial charge on any atom is -0.503 e. The monoisotopic (exact) mass is 80.0 g/mol. The molecular weight excluding hydrogens is 75.0 g/mol. The van der Waals surface area contributed by atoms with Crippen LogP contribution in [0.3, 0.4) is 0 Å². The minimum atomic E-state index is -0.870. The summed E-state index contributed by atoms with van der Waals surface area (Å²) in [7, 11) is 0. The number of carboxylic acid groups (broad SMARTS) is 1. The molecule has 0 amide bonds. The Hall–Kier alpha value is -0.0626. The SMILES string of the molecule is C[CH-]C(=O)O.[Li+]. The van der Waals surface area contributed by atoms with Crippen LogP contribution >= 0.6 is 0 Å². The van der Waals surface area contributed by atoms with Gasteiger partial charge in [0.15, 0.2) is 5.97 Å². The first-order valence-corrected chi connectivity index (χ1v) is 1.29. The molecule has 0 aliphatic carbocycles. The van der Waals surface area contributed by atoms with E-state index in [0.29, 0.717) is 0 Å². The quantitative estimate of drug-likeness (QED) is 0.275. The molecule has 0 aromatic rings. The number of carboxylic acids is 1. The Balaban J connectivity index is 0.